The van der Waals surface area contributed by atoms with E-state index >= 15 is 0 Å². The van der Waals surface area contributed by atoms with Crippen LogP contribution in [0.4, 0.5) is 13.2 Å². The predicted octanol–water partition coefficient (Wildman–Crippen LogP) is 4.93. The Morgan fingerprint density at radius 1 is 1.29 bits per heavy atom. The van der Waals surface area contributed by atoms with Crippen molar-refractivity contribution in [3.05, 3.63) is 27.9 Å². The molecule has 0 bridgehead atoms. The largest absolute Gasteiger partial charge is 0.404 e. The van der Waals surface area contributed by atoms with E-state index in [0.29, 0.717) is 6.54 Å². The summed E-state index contributed by atoms with van der Waals surface area (Å²) in [7, 11) is -4.69. The van der Waals surface area contributed by atoms with Crippen LogP contribution in [0.1, 0.15) is 50.0 Å². The van der Waals surface area contributed by atoms with Crippen molar-refractivity contribution in [1.29, 1.82) is 0 Å². The Kier molecular flexibility index (Phi) is 8.33. The number of rotatable bonds is 7. The van der Waals surface area contributed by atoms with Crippen LogP contribution in [-0.4, -0.2) is 69.6 Å². The van der Waals surface area contributed by atoms with Gasteiger partial charge < -0.3 is 4.90 Å². The van der Waals surface area contributed by atoms with Crippen molar-refractivity contribution in [3.63, 3.8) is 0 Å². The van der Waals surface area contributed by atoms with Crippen molar-refractivity contribution in [1.82, 2.24) is 35.2 Å². The molecule has 3 aromatic rings. The van der Waals surface area contributed by atoms with Gasteiger partial charge in [0.05, 0.1) is 14.9 Å². The number of hydrogen-bond donors (Lipinski definition) is 2. The summed E-state index contributed by atoms with van der Waals surface area (Å²) in [5, 5.41) is 13.0. The van der Waals surface area contributed by atoms with Crippen LogP contribution in [0.15, 0.2) is 17.0 Å². The van der Waals surface area contributed by atoms with Crippen LogP contribution in [-0.2, 0) is 10.0 Å². The summed E-state index contributed by atoms with van der Waals surface area (Å²) >= 11 is 13.8. The second-order valence-electron chi connectivity index (χ2n) is 8.65. The topological polar surface area (TPSA) is 134 Å². The first-order chi connectivity index (χ1) is 17.8. The lowest BCUT2D eigenvalue weighted by atomic mass is 10.0. The number of benzene rings is 1. The molecule has 0 unspecified atom stereocenters. The number of likely N-dealkylation sites (tertiary alicyclic amines) is 1. The Morgan fingerprint density at radius 3 is 2.63 bits per heavy atom. The number of aromatic nitrogens is 5. The van der Waals surface area contributed by atoms with Crippen molar-refractivity contribution in [2.45, 2.75) is 62.7 Å². The van der Waals surface area contributed by atoms with Gasteiger partial charge in [-0.3, -0.25) is 4.79 Å². The zero-order valence-electron chi connectivity index (χ0n) is 20.0. The van der Waals surface area contributed by atoms with Crippen molar-refractivity contribution >= 4 is 50.5 Å². The summed E-state index contributed by atoms with van der Waals surface area (Å²) in [5.41, 5.74) is 0.229. The summed E-state index contributed by atoms with van der Waals surface area (Å²) in [6.07, 6.45) is -2.67. The van der Waals surface area contributed by atoms with Gasteiger partial charge in [-0.05, 0) is 49.1 Å². The molecule has 2 aromatic heterocycles. The maximum absolute atomic E-state index is 13.6. The summed E-state index contributed by atoms with van der Waals surface area (Å²) in [6, 6.07) is -0.0115. The van der Waals surface area contributed by atoms with Gasteiger partial charge in [0.15, 0.2) is 5.01 Å². The van der Waals surface area contributed by atoms with E-state index in [4.69, 9.17) is 23.2 Å². The minimum absolute atomic E-state index is 0.0287. The Labute approximate surface area is 230 Å². The number of tetrazole rings is 1. The number of thiazole rings is 1. The molecular formula is C21H22Cl2F3N7O3S2. The number of carbonyl (C=O) groups is 1. The predicted molar refractivity (Wildman–Crippen MR) is 136 cm³/mol. The zero-order valence-corrected chi connectivity index (χ0v) is 23.2. The molecule has 0 aliphatic carbocycles. The molecule has 3 heterocycles. The van der Waals surface area contributed by atoms with Gasteiger partial charge >= 0.3 is 6.18 Å². The van der Waals surface area contributed by atoms with E-state index in [0.717, 1.165) is 36.7 Å². The monoisotopic (exact) mass is 611 g/mol. The van der Waals surface area contributed by atoms with Crippen LogP contribution in [0, 0.1) is 0 Å². The van der Waals surface area contributed by atoms with Gasteiger partial charge in [0.1, 0.15) is 16.6 Å². The third-order valence-electron chi connectivity index (χ3n) is 6.12. The first-order valence-electron chi connectivity index (χ1n) is 11.5. The number of sulfonamides is 1. The fraction of sp³-hybridized carbons (Fsp3) is 0.476. The maximum atomic E-state index is 13.6. The standard InChI is InChI=1S/C21H22Cl2F3N7O3S2/c1-3-13(21(24,25)26)30-38(35,36)12-8-7-11(14(22)15(12)23)17-16(20(34)33-9-5-4-6-10(33)2)27-19(37-17)18-28-31-32-29-18/h7-8,10,13,30H,3-6,9H2,1-2H3,(H,28,29,31,32)/t10-,13-/m0/s1. The second-order valence-corrected chi connectivity index (χ2v) is 12.1. The van der Waals surface area contributed by atoms with E-state index in [-0.39, 0.29) is 43.9 Å². The average Bonchev–Trinajstić information content (AvgIpc) is 3.53. The average molecular weight is 612 g/mol. The van der Waals surface area contributed by atoms with Gasteiger partial charge in [-0.15, -0.1) is 16.4 Å². The number of nitrogens with one attached hydrogen (secondary N) is 2. The van der Waals surface area contributed by atoms with E-state index in [1.165, 1.54) is 13.0 Å². The number of halogens is 5. The summed E-state index contributed by atoms with van der Waals surface area (Å²) in [4.78, 5) is 19.4. The third kappa shape index (κ3) is 5.66. The van der Waals surface area contributed by atoms with Crippen molar-refractivity contribution in [2.24, 2.45) is 0 Å². The lowest BCUT2D eigenvalue weighted by molar-refractivity contribution is -0.151. The minimum atomic E-state index is -4.80. The van der Waals surface area contributed by atoms with Gasteiger partial charge in [-0.25, -0.2) is 18.5 Å². The molecule has 1 aliphatic heterocycles. The zero-order chi connectivity index (χ0) is 27.8. The number of H-pyrrole nitrogens is 1. The summed E-state index contributed by atoms with van der Waals surface area (Å²) in [5.74, 6) is -0.158. The number of carbonyl (C=O) groups excluding carboxylic acids is 1. The molecule has 1 aromatic carbocycles. The van der Waals surface area contributed by atoms with E-state index in [1.54, 1.807) is 9.62 Å². The highest BCUT2D eigenvalue weighted by atomic mass is 35.5. The molecule has 4 rings (SSSR count). The number of aromatic amines is 1. The van der Waals surface area contributed by atoms with Gasteiger partial charge in [-0.1, -0.05) is 36.2 Å². The molecule has 0 spiro atoms. The lowest BCUT2D eigenvalue weighted by Crippen LogP contribution is -2.44. The molecule has 1 fully saturated rings. The van der Waals surface area contributed by atoms with Gasteiger partial charge in [0.2, 0.25) is 15.8 Å². The van der Waals surface area contributed by atoms with Crippen molar-refractivity contribution in [3.8, 4) is 21.3 Å². The normalized spacial score (nSPS) is 17.6. The SMILES string of the molecule is CC[C@H](NS(=O)(=O)c1ccc(-c2sc(-c3nnn[nH]3)nc2C(=O)N2CCCC[C@@H]2C)c(Cl)c1Cl)C(F)(F)F. The molecule has 206 valence electrons. The van der Waals surface area contributed by atoms with Crippen LogP contribution < -0.4 is 4.72 Å². The van der Waals surface area contributed by atoms with Crippen molar-refractivity contribution in [2.75, 3.05) is 6.54 Å². The first-order valence-corrected chi connectivity index (χ1v) is 14.5. The van der Waals surface area contributed by atoms with Crippen LogP contribution in [0.5, 0.6) is 0 Å². The molecule has 17 heteroatoms. The smallest absolute Gasteiger partial charge is 0.335 e. The van der Waals surface area contributed by atoms with E-state index in [2.05, 4.69) is 25.6 Å². The Balaban J connectivity index is 1.79. The van der Waals surface area contributed by atoms with E-state index in [1.807, 2.05) is 6.92 Å². The Morgan fingerprint density at radius 2 is 2.03 bits per heavy atom. The van der Waals surface area contributed by atoms with Crippen LogP contribution in [0.2, 0.25) is 10.0 Å². The van der Waals surface area contributed by atoms with E-state index in [9.17, 15) is 26.4 Å². The number of piperidine rings is 1. The number of hydrogen-bond acceptors (Lipinski definition) is 8. The molecule has 2 atom stereocenters. The van der Waals surface area contributed by atoms with E-state index < -0.39 is 38.6 Å². The fourth-order valence-corrected chi connectivity index (χ4v) is 7.33. The minimum Gasteiger partial charge on any atom is -0.335 e. The number of alkyl halides is 3. The third-order valence-corrected chi connectivity index (χ3v) is 9.73. The highest BCUT2D eigenvalue weighted by Gasteiger charge is 2.41. The molecule has 1 aliphatic rings. The summed E-state index contributed by atoms with van der Waals surface area (Å²) < 4.78 is 66.8. The molecule has 0 saturated carbocycles. The first kappa shape index (κ1) is 28.7. The fourth-order valence-electron chi connectivity index (χ4n) is 4.08. The molecular weight excluding hydrogens is 590 g/mol. The van der Waals surface area contributed by atoms with Crippen LogP contribution >= 0.6 is 34.5 Å². The van der Waals surface area contributed by atoms with Crippen LogP contribution in [0.3, 0.4) is 0 Å². The highest BCUT2D eigenvalue weighted by Crippen LogP contribution is 2.43. The van der Waals surface area contributed by atoms with Crippen molar-refractivity contribution < 1.29 is 26.4 Å². The highest BCUT2D eigenvalue weighted by molar-refractivity contribution is 7.89. The maximum Gasteiger partial charge on any atom is 0.404 e. The van der Waals surface area contributed by atoms with Gasteiger partial charge in [0.25, 0.3) is 5.91 Å². The molecule has 38 heavy (non-hydrogen) atoms. The van der Waals surface area contributed by atoms with Gasteiger partial charge in [-0.2, -0.15) is 17.9 Å². The number of amides is 1. The lowest BCUT2D eigenvalue weighted by Gasteiger charge is -2.33. The molecule has 2 N–H and O–H groups in total. The molecule has 0 radical (unpaired) electrons. The Hall–Kier alpha value is -2.33. The quantitative estimate of drug-likeness (QED) is 0.387. The molecule has 1 amide bonds. The number of nitrogens with zero attached hydrogens (tertiary/aromatic N) is 5. The Bertz CT molecular complexity index is 1430. The second kappa shape index (κ2) is 11.0. The summed E-state index contributed by atoms with van der Waals surface area (Å²) in [6.45, 7) is 3.67. The molecule has 10 nitrogen and oxygen atoms in total. The van der Waals surface area contributed by atoms with Gasteiger partial charge in [0, 0.05) is 18.2 Å². The molecule has 1 saturated heterocycles. The van der Waals surface area contributed by atoms with Crippen LogP contribution in [0.25, 0.3) is 21.3 Å².